The summed E-state index contributed by atoms with van der Waals surface area (Å²) < 4.78 is 16.1. The molecule has 0 spiro atoms. The molecular formula is C16H24O4. The van der Waals surface area contributed by atoms with Gasteiger partial charge in [-0.15, -0.1) is 0 Å². The van der Waals surface area contributed by atoms with Gasteiger partial charge in [0.25, 0.3) is 0 Å². The van der Waals surface area contributed by atoms with Crippen molar-refractivity contribution in [1.29, 1.82) is 0 Å². The summed E-state index contributed by atoms with van der Waals surface area (Å²) >= 11 is 0. The van der Waals surface area contributed by atoms with E-state index in [0.717, 1.165) is 25.0 Å². The van der Waals surface area contributed by atoms with Crippen LogP contribution >= 0.6 is 0 Å². The van der Waals surface area contributed by atoms with Gasteiger partial charge in [-0.25, -0.2) is 4.79 Å². The van der Waals surface area contributed by atoms with E-state index in [9.17, 15) is 4.79 Å². The highest BCUT2D eigenvalue weighted by Crippen LogP contribution is 2.18. The van der Waals surface area contributed by atoms with Crippen molar-refractivity contribution in [3.8, 4) is 0 Å². The minimum atomic E-state index is -0.675. The van der Waals surface area contributed by atoms with Crippen LogP contribution < -0.4 is 0 Å². The second-order valence-corrected chi connectivity index (χ2v) is 4.38. The average molecular weight is 280 g/mol. The van der Waals surface area contributed by atoms with Gasteiger partial charge in [0, 0.05) is 6.61 Å². The Kier molecular flexibility index (Phi) is 8.67. The van der Waals surface area contributed by atoms with E-state index in [-0.39, 0.29) is 5.97 Å². The first kappa shape index (κ1) is 16.7. The van der Waals surface area contributed by atoms with Gasteiger partial charge in [0.2, 0.25) is 0 Å². The van der Waals surface area contributed by atoms with Crippen LogP contribution in [-0.4, -0.2) is 32.4 Å². The van der Waals surface area contributed by atoms with E-state index in [4.69, 9.17) is 14.2 Å². The summed E-state index contributed by atoms with van der Waals surface area (Å²) in [7, 11) is 0. The van der Waals surface area contributed by atoms with Gasteiger partial charge in [-0.1, -0.05) is 43.7 Å². The number of rotatable bonds is 10. The summed E-state index contributed by atoms with van der Waals surface area (Å²) in [5.41, 5.74) is 0.805. The number of hydrogen-bond donors (Lipinski definition) is 0. The molecule has 0 bridgehead atoms. The van der Waals surface area contributed by atoms with Crippen molar-refractivity contribution in [2.45, 2.75) is 32.8 Å². The molecule has 1 aromatic carbocycles. The van der Waals surface area contributed by atoms with Gasteiger partial charge in [-0.3, -0.25) is 0 Å². The predicted molar refractivity (Wildman–Crippen MR) is 77.5 cm³/mol. The molecule has 0 aliphatic carbocycles. The molecular weight excluding hydrogens is 256 g/mol. The van der Waals surface area contributed by atoms with Crippen molar-refractivity contribution in [3.63, 3.8) is 0 Å². The second-order valence-electron chi connectivity index (χ2n) is 4.38. The number of ether oxygens (including phenoxy) is 3. The minimum Gasteiger partial charge on any atom is -0.464 e. The lowest BCUT2D eigenvalue weighted by atomic mass is 10.1. The first-order valence-electron chi connectivity index (χ1n) is 7.20. The maximum absolute atomic E-state index is 11.9. The zero-order valence-electron chi connectivity index (χ0n) is 12.3. The Balaban J connectivity index is 2.45. The van der Waals surface area contributed by atoms with E-state index >= 15 is 0 Å². The number of unbranched alkanes of at least 4 members (excludes halogenated alkanes) is 1. The first-order chi connectivity index (χ1) is 9.79. The normalized spacial score (nSPS) is 12.1. The van der Waals surface area contributed by atoms with Gasteiger partial charge in [0.05, 0.1) is 19.8 Å². The molecule has 0 heterocycles. The van der Waals surface area contributed by atoms with Crippen molar-refractivity contribution in [2.75, 3.05) is 26.4 Å². The van der Waals surface area contributed by atoms with Crippen molar-refractivity contribution in [2.24, 2.45) is 0 Å². The largest absolute Gasteiger partial charge is 0.464 e. The van der Waals surface area contributed by atoms with E-state index in [0.29, 0.717) is 19.8 Å². The smallest absolute Gasteiger partial charge is 0.339 e. The van der Waals surface area contributed by atoms with Gasteiger partial charge in [-0.2, -0.15) is 0 Å². The Morgan fingerprint density at radius 2 is 1.85 bits per heavy atom. The molecule has 1 unspecified atom stereocenters. The fourth-order valence-electron chi connectivity index (χ4n) is 1.72. The van der Waals surface area contributed by atoms with Crippen molar-refractivity contribution in [3.05, 3.63) is 35.9 Å². The third-order valence-electron chi connectivity index (χ3n) is 2.76. The standard InChI is InChI=1S/C16H24O4/c1-3-5-11-18-12-13-20-15(16(17)19-4-2)14-9-7-6-8-10-14/h6-10,15H,3-5,11-13H2,1-2H3. The van der Waals surface area contributed by atoms with Gasteiger partial charge < -0.3 is 14.2 Å². The zero-order valence-corrected chi connectivity index (χ0v) is 12.3. The van der Waals surface area contributed by atoms with E-state index in [1.54, 1.807) is 6.92 Å². The van der Waals surface area contributed by atoms with Gasteiger partial charge in [0.15, 0.2) is 6.10 Å². The van der Waals surface area contributed by atoms with Crippen LogP contribution in [0.15, 0.2) is 30.3 Å². The highest BCUT2D eigenvalue weighted by atomic mass is 16.6. The maximum atomic E-state index is 11.9. The topological polar surface area (TPSA) is 44.8 Å². The van der Waals surface area contributed by atoms with Crippen molar-refractivity contribution >= 4 is 5.97 Å². The van der Waals surface area contributed by atoms with Crippen LogP contribution in [0.4, 0.5) is 0 Å². The van der Waals surface area contributed by atoms with Crippen LogP contribution in [0.3, 0.4) is 0 Å². The fraction of sp³-hybridized carbons (Fsp3) is 0.562. The number of carbonyl (C=O) groups is 1. The van der Waals surface area contributed by atoms with Gasteiger partial charge >= 0.3 is 5.97 Å². The summed E-state index contributed by atoms with van der Waals surface area (Å²) in [6.45, 7) is 5.85. The molecule has 0 N–H and O–H groups in total. The van der Waals surface area contributed by atoms with E-state index in [1.807, 2.05) is 30.3 Å². The second kappa shape index (κ2) is 10.4. The lowest BCUT2D eigenvalue weighted by Crippen LogP contribution is -2.21. The van der Waals surface area contributed by atoms with Crippen LogP contribution in [0.2, 0.25) is 0 Å². The zero-order chi connectivity index (χ0) is 14.6. The number of carbonyl (C=O) groups excluding carboxylic acids is 1. The maximum Gasteiger partial charge on any atom is 0.339 e. The summed E-state index contributed by atoms with van der Waals surface area (Å²) in [6, 6.07) is 9.38. The third-order valence-corrected chi connectivity index (χ3v) is 2.76. The van der Waals surface area contributed by atoms with Crippen molar-refractivity contribution < 1.29 is 19.0 Å². The molecule has 20 heavy (non-hydrogen) atoms. The van der Waals surface area contributed by atoms with Gasteiger partial charge in [0.1, 0.15) is 0 Å². The summed E-state index contributed by atoms with van der Waals surface area (Å²) in [5, 5.41) is 0. The van der Waals surface area contributed by atoms with Crippen LogP contribution in [-0.2, 0) is 19.0 Å². The number of hydrogen-bond acceptors (Lipinski definition) is 4. The molecule has 0 saturated heterocycles. The molecule has 112 valence electrons. The first-order valence-corrected chi connectivity index (χ1v) is 7.20. The molecule has 0 aliphatic heterocycles. The molecule has 0 aromatic heterocycles. The van der Waals surface area contributed by atoms with Crippen LogP contribution in [0, 0.1) is 0 Å². The fourth-order valence-corrected chi connectivity index (χ4v) is 1.72. The highest BCUT2D eigenvalue weighted by molar-refractivity contribution is 5.76. The Morgan fingerprint density at radius 3 is 2.50 bits per heavy atom. The average Bonchev–Trinajstić information content (AvgIpc) is 2.47. The Bertz CT molecular complexity index is 364. The molecule has 0 amide bonds. The van der Waals surface area contributed by atoms with E-state index < -0.39 is 6.10 Å². The third kappa shape index (κ3) is 6.17. The lowest BCUT2D eigenvalue weighted by molar-refractivity contribution is -0.158. The molecule has 4 nitrogen and oxygen atoms in total. The Labute approximate surface area is 121 Å². The highest BCUT2D eigenvalue weighted by Gasteiger charge is 2.22. The molecule has 1 atom stereocenters. The van der Waals surface area contributed by atoms with Gasteiger partial charge in [-0.05, 0) is 18.9 Å². The number of benzene rings is 1. The summed E-state index contributed by atoms with van der Waals surface area (Å²) in [4.78, 5) is 11.9. The Hall–Kier alpha value is -1.39. The van der Waals surface area contributed by atoms with Crippen LogP contribution in [0.1, 0.15) is 38.4 Å². The van der Waals surface area contributed by atoms with Crippen LogP contribution in [0.25, 0.3) is 0 Å². The summed E-state index contributed by atoms with van der Waals surface area (Å²) in [5.74, 6) is -0.354. The quantitative estimate of drug-likeness (QED) is 0.488. The predicted octanol–water partition coefficient (Wildman–Crippen LogP) is 3.12. The lowest BCUT2D eigenvalue weighted by Gasteiger charge is -2.16. The summed E-state index contributed by atoms with van der Waals surface area (Å²) in [6.07, 6.45) is 1.47. The monoisotopic (exact) mass is 280 g/mol. The SMILES string of the molecule is CCCCOCCOC(C(=O)OCC)c1ccccc1. The minimum absolute atomic E-state index is 0.346. The molecule has 0 fully saturated rings. The molecule has 0 saturated carbocycles. The van der Waals surface area contributed by atoms with E-state index in [2.05, 4.69) is 6.92 Å². The molecule has 0 radical (unpaired) electrons. The molecule has 0 aliphatic rings. The molecule has 1 aromatic rings. The molecule has 1 rings (SSSR count). The molecule has 4 heteroatoms. The van der Waals surface area contributed by atoms with Crippen LogP contribution in [0.5, 0.6) is 0 Å². The Morgan fingerprint density at radius 1 is 1.10 bits per heavy atom. The van der Waals surface area contributed by atoms with E-state index in [1.165, 1.54) is 0 Å². The number of esters is 1. The van der Waals surface area contributed by atoms with Crippen molar-refractivity contribution in [1.82, 2.24) is 0 Å².